The van der Waals surface area contributed by atoms with Crippen molar-refractivity contribution in [2.75, 3.05) is 13.2 Å². The predicted octanol–water partition coefficient (Wildman–Crippen LogP) is -0.00480. The Hall–Kier alpha value is -1.14. The minimum absolute atomic E-state index is 0.0369. The van der Waals surface area contributed by atoms with Crippen LogP contribution in [0.3, 0.4) is 0 Å². The summed E-state index contributed by atoms with van der Waals surface area (Å²) in [5.41, 5.74) is 10.7. The molecule has 118 valence electrons. The van der Waals surface area contributed by atoms with Gasteiger partial charge in [-0.2, -0.15) is 0 Å². The summed E-state index contributed by atoms with van der Waals surface area (Å²) in [7, 11) is 0. The Labute approximate surface area is 125 Å². The number of primary amides is 1. The van der Waals surface area contributed by atoms with Crippen molar-refractivity contribution in [1.29, 1.82) is 0 Å². The van der Waals surface area contributed by atoms with Crippen LogP contribution in [0.5, 0.6) is 0 Å². The van der Waals surface area contributed by atoms with Gasteiger partial charge in [0.2, 0.25) is 11.8 Å². The Bertz CT molecular complexity index is 479. The van der Waals surface area contributed by atoms with Gasteiger partial charge in [0.1, 0.15) is 11.6 Å². The molecule has 4 atom stereocenters. The molecule has 4 N–H and O–H groups in total. The van der Waals surface area contributed by atoms with Crippen molar-refractivity contribution < 1.29 is 14.3 Å². The standard InChI is InChI=1S/C15H25N3O3/c1-14(2)11-9(5-4-8-21-11)15(14,17)13(20)18-7-3-6-10(18)12(16)19/h9-11H,3-8,17H2,1-2H3,(H2,16,19). The lowest BCUT2D eigenvalue weighted by Crippen LogP contribution is -2.82. The number of ether oxygens (including phenoxy) is 1. The highest BCUT2D eigenvalue weighted by Crippen LogP contribution is 2.58. The molecule has 0 aromatic heterocycles. The first-order chi connectivity index (χ1) is 9.81. The Morgan fingerprint density at radius 3 is 2.62 bits per heavy atom. The van der Waals surface area contributed by atoms with E-state index in [2.05, 4.69) is 0 Å². The minimum atomic E-state index is -0.948. The third-order valence-corrected chi connectivity index (χ3v) is 5.88. The molecule has 1 aliphatic carbocycles. The summed E-state index contributed by atoms with van der Waals surface area (Å²) in [5.74, 6) is -0.513. The van der Waals surface area contributed by atoms with E-state index in [4.69, 9.17) is 16.2 Å². The summed E-state index contributed by atoms with van der Waals surface area (Å²) >= 11 is 0. The first kappa shape index (κ1) is 14.8. The molecule has 3 aliphatic rings. The number of carbonyl (C=O) groups excluding carboxylic acids is 2. The van der Waals surface area contributed by atoms with Gasteiger partial charge in [0.05, 0.1) is 6.10 Å². The molecule has 0 bridgehead atoms. The van der Waals surface area contributed by atoms with Crippen molar-refractivity contribution in [3.63, 3.8) is 0 Å². The zero-order chi connectivity index (χ0) is 15.4. The highest BCUT2D eigenvalue weighted by Gasteiger charge is 2.71. The van der Waals surface area contributed by atoms with Crippen LogP contribution >= 0.6 is 0 Å². The second-order valence-electron chi connectivity index (χ2n) is 7.19. The number of amides is 2. The van der Waals surface area contributed by atoms with Crippen LogP contribution in [-0.2, 0) is 14.3 Å². The van der Waals surface area contributed by atoms with E-state index < -0.39 is 22.9 Å². The van der Waals surface area contributed by atoms with Crippen LogP contribution in [0.1, 0.15) is 39.5 Å². The maximum atomic E-state index is 13.1. The van der Waals surface area contributed by atoms with Crippen LogP contribution in [0.4, 0.5) is 0 Å². The number of nitrogens with zero attached hydrogens (tertiary/aromatic N) is 1. The second-order valence-corrected chi connectivity index (χ2v) is 7.19. The molecule has 0 radical (unpaired) electrons. The Balaban J connectivity index is 1.87. The quantitative estimate of drug-likeness (QED) is 0.749. The zero-order valence-corrected chi connectivity index (χ0v) is 12.8. The Morgan fingerprint density at radius 1 is 1.24 bits per heavy atom. The van der Waals surface area contributed by atoms with E-state index >= 15 is 0 Å². The van der Waals surface area contributed by atoms with E-state index in [0.717, 1.165) is 25.9 Å². The first-order valence-electron chi connectivity index (χ1n) is 7.82. The first-order valence-corrected chi connectivity index (χ1v) is 7.82. The van der Waals surface area contributed by atoms with E-state index in [1.54, 1.807) is 4.90 Å². The van der Waals surface area contributed by atoms with Crippen molar-refractivity contribution >= 4 is 11.8 Å². The van der Waals surface area contributed by atoms with E-state index in [1.165, 1.54) is 0 Å². The number of nitrogens with two attached hydrogens (primary N) is 2. The fourth-order valence-corrected chi connectivity index (χ4v) is 4.55. The summed E-state index contributed by atoms with van der Waals surface area (Å²) in [6.45, 7) is 5.29. The van der Waals surface area contributed by atoms with Crippen LogP contribution in [0.15, 0.2) is 0 Å². The average molecular weight is 295 g/mol. The van der Waals surface area contributed by atoms with Gasteiger partial charge in [0.25, 0.3) is 0 Å². The van der Waals surface area contributed by atoms with E-state index in [-0.39, 0.29) is 17.9 Å². The van der Waals surface area contributed by atoms with Gasteiger partial charge in [-0.05, 0) is 25.7 Å². The number of rotatable bonds is 2. The smallest absolute Gasteiger partial charge is 0.244 e. The molecule has 2 amide bonds. The molecular weight excluding hydrogens is 270 g/mol. The minimum Gasteiger partial charge on any atom is -0.377 e. The van der Waals surface area contributed by atoms with Crippen molar-refractivity contribution in [3.05, 3.63) is 0 Å². The molecule has 0 aromatic carbocycles. The van der Waals surface area contributed by atoms with Crippen molar-refractivity contribution in [2.45, 2.75) is 57.2 Å². The SMILES string of the molecule is CC1(C)C2OCCCC2C1(N)C(=O)N1CCCC1C(N)=O. The van der Waals surface area contributed by atoms with Gasteiger partial charge < -0.3 is 21.1 Å². The van der Waals surface area contributed by atoms with E-state index in [0.29, 0.717) is 13.0 Å². The second kappa shape index (κ2) is 4.68. The number of hydrogen-bond donors (Lipinski definition) is 2. The molecule has 2 saturated heterocycles. The lowest BCUT2D eigenvalue weighted by atomic mass is 9.46. The van der Waals surface area contributed by atoms with Crippen LogP contribution < -0.4 is 11.5 Å². The van der Waals surface area contributed by atoms with Crippen LogP contribution in [-0.4, -0.2) is 47.6 Å². The topological polar surface area (TPSA) is 98.7 Å². The molecule has 21 heavy (non-hydrogen) atoms. The monoisotopic (exact) mass is 295 g/mol. The molecule has 3 fully saturated rings. The van der Waals surface area contributed by atoms with E-state index in [1.807, 2.05) is 13.8 Å². The van der Waals surface area contributed by atoms with Crippen molar-refractivity contribution in [3.8, 4) is 0 Å². The molecule has 1 saturated carbocycles. The predicted molar refractivity (Wildman–Crippen MR) is 77.1 cm³/mol. The van der Waals surface area contributed by atoms with Gasteiger partial charge in [-0.3, -0.25) is 9.59 Å². The summed E-state index contributed by atoms with van der Waals surface area (Å²) in [6.07, 6.45) is 3.33. The van der Waals surface area contributed by atoms with Gasteiger partial charge in [-0.15, -0.1) is 0 Å². The number of carbonyl (C=O) groups is 2. The van der Waals surface area contributed by atoms with E-state index in [9.17, 15) is 9.59 Å². The normalized spacial score (nSPS) is 41.3. The van der Waals surface area contributed by atoms with Gasteiger partial charge >= 0.3 is 0 Å². The zero-order valence-electron chi connectivity index (χ0n) is 12.8. The van der Waals surface area contributed by atoms with Gasteiger partial charge in [-0.25, -0.2) is 0 Å². The molecule has 2 aliphatic heterocycles. The molecule has 3 rings (SSSR count). The summed E-state index contributed by atoms with van der Waals surface area (Å²) in [6, 6.07) is -0.503. The van der Waals surface area contributed by atoms with Crippen LogP contribution in [0.2, 0.25) is 0 Å². The third-order valence-electron chi connectivity index (χ3n) is 5.88. The van der Waals surface area contributed by atoms with Gasteiger partial charge in [0, 0.05) is 24.5 Å². The molecular formula is C15H25N3O3. The summed E-state index contributed by atoms with van der Waals surface area (Å²) in [5, 5.41) is 0. The fraction of sp³-hybridized carbons (Fsp3) is 0.867. The molecule has 4 unspecified atom stereocenters. The molecule has 2 heterocycles. The molecule has 0 aromatic rings. The maximum absolute atomic E-state index is 13.1. The number of hydrogen-bond acceptors (Lipinski definition) is 4. The summed E-state index contributed by atoms with van der Waals surface area (Å²) < 4.78 is 5.83. The molecule has 6 nitrogen and oxygen atoms in total. The lowest BCUT2D eigenvalue weighted by molar-refractivity contribution is -0.230. The lowest BCUT2D eigenvalue weighted by Gasteiger charge is -2.65. The Kier molecular flexibility index (Phi) is 3.29. The number of fused-ring (bicyclic) bond motifs is 1. The van der Waals surface area contributed by atoms with Gasteiger partial charge in [0.15, 0.2) is 0 Å². The van der Waals surface area contributed by atoms with Crippen molar-refractivity contribution in [2.24, 2.45) is 22.8 Å². The average Bonchev–Trinajstić information content (AvgIpc) is 2.95. The molecule has 6 heteroatoms. The van der Waals surface area contributed by atoms with Crippen LogP contribution in [0.25, 0.3) is 0 Å². The fourth-order valence-electron chi connectivity index (χ4n) is 4.55. The van der Waals surface area contributed by atoms with Crippen LogP contribution in [0, 0.1) is 11.3 Å². The molecule has 0 spiro atoms. The Morgan fingerprint density at radius 2 is 1.95 bits per heavy atom. The summed E-state index contributed by atoms with van der Waals surface area (Å²) in [4.78, 5) is 26.2. The highest BCUT2D eigenvalue weighted by atomic mass is 16.5. The van der Waals surface area contributed by atoms with Crippen molar-refractivity contribution in [1.82, 2.24) is 4.90 Å². The maximum Gasteiger partial charge on any atom is 0.244 e. The third kappa shape index (κ3) is 1.78. The highest BCUT2D eigenvalue weighted by molar-refractivity contribution is 5.94. The largest absolute Gasteiger partial charge is 0.377 e. The van der Waals surface area contributed by atoms with Gasteiger partial charge in [-0.1, -0.05) is 13.8 Å². The number of likely N-dealkylation sites (tertiary alicyclic amines) is 1.